The first-order valence-electron chi connectivity index (χ1n) is 11.9. The molecule has 0 bridgehead atoms. The Morgan fingerprint density at radius 2 is 1.84 bits per heavy atom. The van der Waals surface area contributed by atoms with Gasteiger partial charge in [-0.25, -0.2) is 4.39 Å². The van der Waals surface area contributed by atoms with Gasteiger partial charge in [0, 0.05) is 48.9 Å². The number of rotatable bonds is 7. The van der Waals surface area contributed by atoms with E-state index in [1.807, 2.05) is 35.2 Å². The summed E-state index contributed by atoms with van der Waals surface area (Å²) >= 11 is 15.1. The number of halogens is 3. The quantitative estimate of drug-likeness (QED) is 0.205. The number of nitrogens with one attached hydrogen (secondary N) is 1. The maximum absolute atomic E-state index is 13.3. The van der Waals surface area contributed by atoms with E-state index in [1.54, 1.807) is 36.0 Å². The van der Waals surface area contributed by atoms with Crippen LogP contribution in [-0.2, 0) is 16.8 Å². The molecule has 2 aromatic heterocycles. The van der Waals surface area contributed by atoms with E-state index < -0.39 is 5.41 Å². The third-order valence-electron chi connectivity index (χ3n) is 6.79. The number of amides is 1. The molecule has 1 fully saturated rings. The molecule has 10 heteroatoms. The zero-order valence-electron chi connectivity index (χ0n) is 20.2. The highest BCUT2D eigenvalue weighted by Gasteiger charge is 2.52. The summed E-state index contributed by atoms with van der Waals surface area (Å²) in [7, 11) is 0. The van der Waals surface area contributed by atoms with Gasteiger partial charge in [0.25, 0.3) is 5.89 Å². The van der Waals surface area contributed by atoms with Gasteiger partial charge in [0.1, 0.15) is 12.4 Å². The van der Waals surface area contributed by atoms with Gasteiger partial charge in [-0.1, -0.05) is 28.4 Å². The van der Waals surface area contributed by atoms with Crippen LogP contribution in [-0.4, -0.2) is 26.9 Å². The molecule has 1 aliphatic carbocycles. The smallest absolute Gasteiger partial charge is 0.257 e. The van der Waals surface area contributed by atoms with E-state index in [4.69, 9.17) is 27.7 Å². The van der Waals surface area contributed by atoms with E-state index in [0.717, 1.165) is 23.7 Å². The van der Waals surface area contributed by atoms with Crippen LogP contribution in [0.25, 0.3) is 22.4 Å². The highest BCUT2D eigenvalue weighted by molar-refractivity contribution is 7.98. The van der Waals surface area contributed by atoms with Crippen molar-refractivity contribution in [3.05, 3.63) is 94.1 Å². The standard InChI is InChI=1S/C28H21Cl2FN4O2S/c1-38-20-6-7-23-17(12-20)8-11-35(23)15-24(36)32-19-13-21(29)25(22(30)14-19)28(9-10-28)27-33-26(37-34-27)16-2-4-18(31)5-3-16/h2-8,11-14H,9-10,15H2,1H3,(H,32,36). The average Bonchev–Trinajstić information content (AvgIpc) is 3.34. The van der Waals surface area contributed by atoms with Gasteiger partial charge in [-0.15, -0.1) is 11.8 Å². The van der Waals surface area contributed by atoms with Crippen LogP contribution in [0.5, 0.6) is 0 Å². The monoisotopic (exact) mass is 566 g/mol. The van der Waals surface area contributed by atoms with E-state index in [2.05, 4.69) is 21.5 Å². The number of hydrogen-bond acceptors (Lipinski definition) is 5. The molecule has 6 rings (SSSR count). The molecule has 1 amide bonds. The zero-order valence-corrected chi connectivity index (χ0v) is 22.5. The highest BCUT2D eigenvalue weighted by atomic mass is 35.5. The van der Waals surface area contributed by atoms with E-state index in [0.29, 0.717) is 38.6 Å². The Morgan fingerprint density at radius 3 is 2.53 bits per heavy atom. The third-order valence-corrected chi connectivity index (χ3v) is 8.11. The van der Waals surface area contributed by atoms with Crippen LogP contribution >= 0.6 is 35.0 Å². The minimum atomic E-state index is -0.571. The molecule has 6 nitrogen and oxygen atoms in total. The fourth-order valence-electron chi connectivity index (χ4n) is 4.74. The van der Waals surface area contributed by atoms with Crippen molar-refractivity contribution in [1.29, 1.82) is 0 Å². The van der Waals surface area contributed by atoms with Crippen molar-refractivity contribution < 1.29 is 13.7 Å². The number of nitrogens with zero attached hydrogens (tertiary/aromatic N) is 3. The summed E-state index contributed by atoms with van der Waals surface area (Å²) in [6, 6.07) is 17.4. The van der Waals surface area contributed by atoms with Crippen LogP contribution in [0.1, 0.15) is 24.2 Å². The lowest BCUT2D eigenvalue weighted by Crippen LogP contribution is -2.19. The largest absolute Gasteiger partial charge is 0.338 e. The minimum Gasteiger partial charge on any atom is -0.338 e. The summed E-state index contributed by atoms with van der Waals surface area (Å²) in [6.45, 7) is 0.151. The van der Waals surface area contributed by atoms with Crippen molar-refractivity contribution in [3.8, 4) is 11.5 Å². The summed E-state index contributed by atoms with van der Waals surface area (Å²) in [5, 5.41) is 9.00. The summed E-state index contributed by atoms with van der Waals surface area (Å²) in [4.78, 5) is 18.6. The second-order valence-corrected chi connectivity index (χ2v) is 10.9. The van der Waals surface area contributed by atoms with Crippen molar-refractivity contribution in [3.63, 3.8) is 0 Å². The van der Waals surface area contributed by atoms with Crippen molar-refractivity contribution in [2.45, 2.75) is 29.7 Å². The average molecular weight is 567 g/mol. The molecule has 1 aliphatic rings. The van der Waals surface area contributed by atoms with Crippen LogP contribution in [0, 0.1) is 5.82 Å². The summed E-state index contributed by atoms with van der Waals surface area (Å²) in [6.07, 6.45) is 5.43. The molecule has 192 valence electrons. The maximum Gasteiger partial charge on any atom is 0.257 e. The van der Waals surface area contributed by atoms with Crippen molar-refractivity contribution in [2.24, 2.45) is 0 Å². The first-order chi connectivity index (χ1) is 18.4. The Kier molecular flexibility index (Phi) is 6.42. The number of thioether (sulfide) groups is 1. The number of fused-ring (bicyclic) bond motifs is 1. The Labute approximate surface area is 232 Å². The van der Waals surface area contributed by atoms with Gasteiger partial charge in [0.05, 0.1) is 5.41 Å². The van der Waals surface area contributed by atoms with E-state index in [1.165, 1.54) is 17.0 Å². The Balaban J connectivity index is 1.21. The molecule has 38 heavy (non-hydrogen) atoms. The number of benzene rings is 3. The lowest BCUT2D eigenvalue weighted by atomic mass is 9.94. The summed E-state index contributed by atoms with van der Waals surface area (Å²) in [5.74, 6) is 0.232. The van der Waals surface area contributed by atoms with Gasteiger partial charge < -0.3 is 14.4 Å². The molecule has 0 unspecified atom stereocenters. The molecule has 0 spiro atoms. The molecule has 1 saturated carbocycles. The van der Waals surface area contributed by atoms with E-state index in [9.17, 15) is 9.18 Å². The Morgan fingerprint density at radius 1 is 1.11 bits per heavy atom. The normalized spacial score (nSPS) is 14.1. The summed E-state index contributed by atoms with van der Waals surface area (Å²) < 4.78 is 20.6. The summed E-state index contributed by atoms with van der Waals surface area (Å²) in [5.41, 5.74) is 2.24. The fourth-order valence-corrected chi connectivity index (χ4v) is 6.04. The van der Waals surface area contributed by atoms with Gasteiger partial charge in [0.2, 0.25) is 5.91 Å². The lowest BCUT2D eigenvalue weighted by Gasteiger charge is -2.17. The van der Waals surface area contributed by atoms with Crippen LogP contribution in [0.2, 0.25) is 10.0 Å². The number of carbonyl (C=O) groups excluding carboxylic acids is 1. The molecule has 0 aliphatic heterocycles. The van der Waals surface area contributed by atoms with Gasteiger partial charge >= 0.3 is 0 Å². The highest BCUT2D eigenvalue weighted by Crippen LogP contribution is 2.57. The fraction of sp³-hybridized carbons (Fsp3) is 0.179. The number of carbonyl (C=O) groups is 1. The number of aromatic nitrogens is 3. The van der Waals surface area contributed by atoms with Crippen LogP contribution in [0.4, 0.5) is 10.1 Å². The molecular weight excluding hydrogens is 546 g/mol. The van der Waals surface area contributed by atoms with Crippen molar-refractivity contribution in [1.82, 2.24) is 14.7 Å². The van der Waals surface area contributed by atoms with Crippen molar-refractivity contribution in [2.75, 3.05) is 11.6 Å². The lowest BCUT2D eigenvalue weighted by molar-refractivity contribution is -0.116. The second-order valence-electron chi connectivity index (χ2n) is 9.24. The SMILES string of the molecule is CSc1ccc2c(ccn2CC(=O)Nc2cc(Cl)c(C3(c4noc(-c5ccc(F)cc5)n4)CC3)c(Cl)c2)c1. The van der Waals surface area contributed by atoms with Crippen LogP contribution in [0.3, 0.4) is 0 Å². The Hall–Kier alpha value is -3.33. The van der Waals surface area contributed by atoms with Crippen molar-refractivity contribution >= 4 is 57.5 Å². The van der Waals surface area contributed by atoms with Gasteiger partial charge in [0.15, 0.2) is 5.82 Å². The van der Waals surface area contributed by atoms with Crippen LogP contribution in [0.15, 0.2) is 76.3 Å². The van der Waals surface area contributed by atoms with E-state index in [-0.39, 0.29) is 18.3 Å². The molecule has 0 saturated heterocycles. The third kappa shape index (κ3) is 4.57. The topological polar surface area (TPSA) is 73.0 Å². The molecule has 5 aromatic rings. The molecule has 0 atom stereocenters. The zero-order chi connectivity index (χ0) is 26.4. The van der Waals surface area contributed by atoms with Gasteiger partial charge in [-0.3, -0.25) is 4.79 Å². The predicted molar refractivity (Wildman–Crippen MR) is 149 cm³/mol. The van der Waals surface area contributed by atoms with E-state index >= 15 is 0 Å². The molecule has 3 aromatic carbocycles. The molecule has 2 heterocycles. The first-order valence-corrected chi connectivity index (χ1v) is 13.9. The Bertz CT molecular complexity index is 1660. The molecular formula is C28H21Cl2FN4O2S. The maximum atomic E-state index is 13.3. The molecule has 0 radical (unpaired) electrons. The van der Waals surface area contributed by atoms with Gasteiger partial charge in [-0.2, -0.15) is 4.98 Å². The number of anilines is 1. The minimum absolute atomic E-state index is 0.151. The second kappa shape index (κ2) is 9.76. The predicted octanol–water partition coefficient (Wildman–Crippen LogP) is 7.58. The number of hydrogen-bond donors (Lipinski definition) is 1. The van der Waals surface area contributed by atoms with Crippen LogP contribution < -0.4 is 5.32 Å². The first kappa shape index (κ1) is 25.0. The van der Waals surface area contributed by atoms with Gasteiger partial charge in [-0.05, 0) is 79.8 Å². The molecule has 1 N–H and O–H groups in total.